The van der Waals surface area contributed by atoms with Crippen LogP contribution in [-0.4, -0.2) is 98.1 Å². The van der Waals surface area contributed by atoms with Gasteiger partial charge in [-0.05, 0) is 161 Å². The Balaban J connectivity index is 0.000000207. The van der Waals surface area contributed by atoms with Crippen molar-refractivity contribution in [1.29, 1.82) is 0 Å². The number of hydrogen-bond acceptors (Lipinski definition) is 16. The zero-order chi connectivity index (χ0) is 90.8. The molecular formula is C110H102N15O6Pt5-3. The van der Waals surface area contributed by atoms with Crippen LogP contribution in [0.3, 0.4) is 0 Å². The van der Waals surface area contributed by atoms with Gasteiger partial charge in [0.1, 0.15) is 17.2 Å². The summed E-state index contributed by atoms with van der Waals surface area (Å²) in [5.41, 5.74) is 14.8. The minimum Gasteiger partial charge on any atom is -0.656 e. The zero-order valence-electron chi connectivity index (χ0n) is 75.1. The van der Waals surface area contributed by atoms with E-state index in [1.807, 2.05) is 309 Å². The average Bonchev–Trinajstić information content (AvgIpc) is 0.832. The van der Waals surface area contributed by atoms with Gasteiger partial charge in [-0.2, -0.15) is 36.4 Å². The molecule has 0 radical (unpaired) electrons. The molecule has 706 valence electrons. The molecule has 0 saturated carbocycles. The van der Waals surface area contributed by atoms with Crippen molar-refractivity contribution in [1.82, 2.24) is 49.8 Å². The van der Waals surface area contributed by atoms with Crippen LogP contribution in [0.2, 0.25) is 0 Å². The maximum absolute atomic E-state index is 10.2. The average molecular weight is 2710 g/mol. The fraction of sp³-hybridized carbons (Fsp3) is 0.164. The number of benzene rings is 7. The molecule has 17 aromatic rings. The van der Waals surface area contributed by atoms with Gasteiger partial charge in [-0.1, -0.05) is 185 Å². The summed E-state index contributed by atoms with van der Waals surface area (Å²) in [6.45, 7) is 14.1. The summed E-state index contributed by atoms with van der Waals surface area (Å²) < 4.78 is 17.2. The quantitative estimate of drug-likeness (QED) is 0.0249. The molecule has 21 nitrogen and oxygen atoms in total. The number of para-hydroxylation sites is 5. The second-order valence-electron chi connectivity index (χ2n) is 31.4. The predicted molar refractivity (Wildman–Crippen MR) is 517 cm³/mol. The molecule has 0 aliphatic heterocycles. The van der Waals surface area contributed by atoms with Crippen molar-refractivity contribution in [3.8, 4) is 80.2 Å². The van der Waals surface area contributed by atoms with E-state index in [1.54, 1.807) is 61.3 Å². The molecule has 10 heterocycles. The maximum atomic E-state index is 10.2. The molecule has 2 atom stereocenters. The Labute approximate surface area is 869 Å². The smallest absolute Gasteiger partial charge is 0.656 e. The van der Waals surface area contributed by atoms with E-state index >= 15 is 0 Å². The first-order valence-electron chi connectivity index (χ1n) is 43.1. The van der Waals surface area contributed by atoms with Crippen molar-refractivity contribution in [2.75, 3.05) is 32.9 Å². The van der Waals surface area contributed by atoms with Crippen LogP contribution in [0.25, 0.3) is 60.4 Å². The molecule has 26 heteroatoms. The van der Waals surface area contributed by atoms with Crippen LogP contribution >= 0.6 is 0 Å². The summed E-state index contributed by atoms with van der Waals surface area (Å²) >= 11 is 0. The van der Waals surface area contributed by atoms with Gasteiger partial charge in [0.25, 0.3) is 0 Å². The third-order valence-corrected chi connectivity index (χ3v) is 20.5. The molecule has 0 saturated heterocycles. The van der Waals surface area contributed by atoms with E-state index in [2.05, 4.69) is 115 Å². The molecule has 0 aliphatic rings. The summed E-state index contributed by atoms with van der Waals surface area (Å²) in [6.07, 6.45) is 8.90. The first kappa shape index (κ1) is 109. The van der Waals surface area contributed by atoms with Crippen LogP contribution < -0.4 is 14.2 Å². The molecule has 0 aliphatic carbocycles. The number of rotatable bonds is 34. The monoisotopic (exact) mass is 2700 g/mol. The van der Waals surface area contributed by atoms with Crippen LogP contribution in [-0.2, 0) is 149 Å². The van der Waals surface area contributed by atoms with Crippen LogP contribution in [0.4, 0.5) is 0 Å². The molecule has 2 unspecified atom stereocenters. The van der Waals surface area contributed by atoms with Crippen molar-refractivity contribution >= 4 is 0 Å². The van der Waals surface area contributed by atoms with Gasteiger partial charge in [0.15, 0.2) is 0 Å². The van der Waals surface area contributed by atoms with Gasteiger partial charge in [0.05, 0.1) is 22.8 Å². The summed E-state index contributed by atoms with van der Waals surface area (Å²) in [4.78, 5) is 44.9. The first-order valence-corrected chi connectivity index (χ1v) is 43.1. The number of aromatic hydroxyl groups is 3. The van der Waals surface area contributed by atoms with Crippen LogP contribution in [0, 0.1) is 12.1 Å². The van der Waals surface area contributed by atoms with E-state index in [4.69, 9.17) is 39.8 Å². The Morgan fingerprint density at radius 1 is 0.294 bits per heavy atom. The molecule has 17 rings (SSSR count). The first-order chi connectivity index (χ1) is 64.2. The molecule has 0 spiro atoms. The van der Waals surface area contributed by atoms with Crippen LogP contribution in [0.15, 0.2) is 395 Å². The Bertz CT molecular complexity index is 6230. The number of phenols is 3. The Kier molecular flexibility index (Phi) is 47.6. The number of aromatic nitrogens is 10. The number of nitrogens with zero attached hydrogens (tertiary/aromatic N) is 15. The number of hydrogen-bond donors (Lipinski definition) is 3. The summed E-state index contributed by atoms with van der Waals surface area (Å²) in [5, 5.41) is 53.3. The molecule has 7 aromatic carbocycles. The molecule has 0 bridgehead atoms. The SMILES string of the molecule is CC(C)(C[N-]Cc1ccccn1)c1cccc(-c2ccccc2O)n1.CC(C)(C[N-]Cc1ccccn1)c1cccc(Oc2[c-]cccc2)n1.Oc1ccccc1-c1cccc(C(C[N-]Cc2ccccn2)c2ccccc2)n1.Oc1ccccc1-c1cccc(OC[N-]Cc2ccccn2)n1.[Pt+2].[Pt+2].[Pt].[Pt].[Pt].[c-]1ccccc1Oc1cccc(C(C[N-]Cc2ccccn2)c2ccccc2)n1. The van der Waals surface area contributed by atoms with Crippen molar-refractivity contribution in [3.63, 3.8) is 0 Å². The minimum atomic E-state index is -0.199. The largest absolute Gasteiger partial charge is 2.00 e. The Hall–Kier alpha value is -11.9. The number of phenolic OH excluding ortho intramolecular Hbond substituents is 3. The van der Waals surface area contributed by atoms with E-state index in [0.29, 0.717) is 99.3 Å². The van der Waals surface area contributed by atoms with E-state index < -0.39 is 0 Å². The normalized spacial score (nSPS) is 11.0. The molecule has 10 aromatic heterocycles. The van der Waals surface area contributed by atoms with Crippen molar-refractivity contribution < 1.29 is 135 Å². The van der Waals surface area contributed by atoms with Gasteiger partial charge >= 0.3 is 42.1 Å². The Morgan fingerprint density at radius 3 is 1.02 bits per heavy atom. The van der Waals surface area contributed by atoms with Crippen molar-refractivity contribution in [3.05, 3.63) is 496 Å². The van der Waals surface area contributed by atoms with Crippen LogP contribution in [0.5, 0.6) is 46.4 Å². The predicted octanol–water partition coefficient (Wildman–Crippen LogP) is 24.7. The van der Waals surface area contributed by atoms with Gasteiger partial charge in [-0.3, -0.25) is 34.9 Å². The summed E-state index contributed by atoms with van der Waals surface area (Å²) in [5.74, 6) is 3.63. The fourth-order valence-electron chi connectivity index (χ4n) is 13.6. The third-order valence-electron chi connectivity index (χ3n) is 20.5. The molecular weight excluding hydrogens is 2600 g/mol. The fourth-order valence-corrected chi connectivity index (χ4v) is 13.6. The van der Waals surface area contributed by atoms with Crippen LogP contribution in [0.1, 0.15) is 102 Å². The molecule has 3 N–H and O–H groups in total. The molecule has 0 amide bonds. The van der Waals surface area contributed by atoms with Gasteiger partial charge in [0.2, 0.25) is 17.6 Å². The summed E-state index contributed by atoms with van der Waals surface area (Å²) in [7, 11) is 0. The zero-order valence-corrected chi connectivity index (χ0v) is 86.5. The number of ether oxygens (including phenoxy) is 3. The second kappa shape index (κ2) is 59.2. The summed E-state index contributed by atoms with van der Waals surface area (Å²) in [6, 6.07) is 121. The maximum Gasteiger partial charge on any atom is 2.00 e. The third kappa shape index (κ3) is 35.6. The topological polar surface area (TPSA) is 288 Å². The standard InChI is InChI=1S/C25H21N3O.C25H22N3O.C21H22N3O.C21H21N3O.C18H16N3O2.5Pt/c1-3-10-20(11-4-1)23(19-26-18-21-12-7-8-17-27-21)24-15-9-16-25(28-24)29-22-13-5-2-6-14-22;29-25-15-5-4-12-21(25)23-13-8-14-24(28-23)22(19-9-2-1-3-10-19)18-26-17-20-11-6-7-16-27-20;1-21(2,15-22-14-16-8-5-6-13-23-16)20-12-7-10-18(24-20)17-9-3-4-11-19(17)25;1-21(2,16-22-15-17-9-6-7-14-23-17)19-12-8-13-20(24-19)25-18-10-4-3-5-11-18;22-17-9-2-1-7-15(17)16-8-5-10-18(21-16)23-13-19-12-14-6-3-4-11-20-14;;;;;/h1-13,15-17,23H,18-19H2;1-16,22,29H,17-18H2;3-13,25H,14-15H2,1-2H3;3-10,12-14H,15-16H2,1-2H3;1-11,22H,12-13H2;;;;;/q-2;2*-1;-2;-1;;;;2*+2. The van der Waals surface area contributed by atoms with Gasteiger partial charge in [0, 0.05) is 205 Å². The van der Waals surface area contributed by atoms with E-state index in [-0.39, 0.29) is 152 Å². The molecule has 136 heavy (non-hydrogen) atoms. The van der Waals surface area contributed by atoms with E-state index in [1.165, 1.54) is 11.1 Å². The van der Waals surface area contributed by atoms with Gasteiger partial charge in [-0.25, -0.2) is 15.0 Å². The molecule has 0 fully saturated rings. The van der Waals surface area contributed by atoms with Crippen molar-refractivity contribution in [2.45, 2.75) is 83.1 Å². The van der Waals surface area contributed by atoms with Gasteiger partial charge in [-0.15, -0.1) is 83.2 Å². The van der Waals surface area contributed by atoms with E-state index in [9.17, 15) is 15.3 Å². The second-order valence-corrected chi connectivity index (χ2v) is 31.4. The number of pyridine rings is 10. The van der Waals surface area contributed by atoms with Gasteiger partial charge < -0.3 is 56.1 Å². The Morgan fingerprint density at radius 2 is 0.618 bits per heavy atom. The minimum absolute atomic E-state index is 0. The van der Waals surface area contributed by atoms with Crippen molar-refractivity contribution in [2.24, 2.45) is 0 Å². The van der Waals surface area contributed by atoms with E-state index in [0.717, 1.165) is 73.8 Å².